The summed E-state index contributed by atoms with van der Waals surface area (Å²) in [6, 6.07) is 5.18. The van der Waals surface area contributed by atoms with Crippen molar-refractivity contribution >= 4 is 0 Å². The second-order valence-corrected chi connectivity index (χ2v) is 8.99. The quantitative estimate of drug-likeness (QED) is 0.205. The first-order chi connectivity index (χ1) is 16.6. The molecular formula is C25H32O10. The molecule has 1 aromatic rings. The summed E-state index contributed by atoms with van der Waals surface area (Å²) in [5, 5.41) is 78.6. The van der Waals surface area contributed by atoms with E-state index < -0.39 is 74.3 Å². The van der Waals surface area contributed by atoms with Crippen LogP contribution in [0.5, 0.6) is 0 Å². The number of benzene rings is 1. The number of aliphatic hydroxyl groups is 8. The fourth-order valence-electron chi connectivity index (χ4n) is 3.98. The molecule has 1 unspecified atom stereocenters. The maximum atomic E-state index is 10.2. The average molecular weight is 493 g/mol. The molecule has 0 saturated carbocycles. The summed E-state index contributed by atoms with van der Waals surface area (Å²) < 4.78 is 10.8. The molecule has 192 valence electrons. The van der Waals surface area contributed by atoms with Crippen molar-refractivity contribution in [3.05, 3.63) is 34.9 Å². The lowest BCUT2D eigenvalue weighted by Gasteiger charge is -2.37. The van der Waals surface area contributed by atoms with Crippen LogP contribution in [0.3, 0.4) is 0 Å². The molecule has 2 fully saturated rings. The van der Waals surface area contributed by atoms with Crippen molar-refractivity contribution in [2.75, 3.05) is 13.2 Å². The van der Waals surface area contributed by atoms with Gasteiger partial charge in [0.25, 0.3) is 0 Å². The normalized spacial score (nSPS) is 37.2. The Balaban J connectivity index is 1.83. The minimum Gasteiger partial charge on any atom is -0.394 e. The minimum absolute atomic E-state index is 0.0307. The molecule has 2 aliphatic rings. The average Bonchev–Trinajstić information content (AvgIpc) is 2.85. The zero-order chi connectivity index (χ0) is 25.9. The first kappa shape index (κ1) is 27.5. The number of aliphatic hydroxyl groups excluding tert-OH is 8. The molecule has 10 heteroatoms. The van der Waals surface area contributed by atoms with E-state index in [1.54, 1.807) is 18.2 Å². The second-order valence-electron chi connectivity index (χ2n) is 8.99. The highest BCUT2D eigenvalue weighted by Crippen LogP contribution is 2.24. The molecule has 0 aliphatic carbocycles. The van der Waals surface area contributed by atoms with Gasteiger partial charge in [-0.05, 0) is 29.7 Å². The highest BCUT2D eigenvalue weighted by Gasteiger charge is 2.43. The lowest BCUT2D eigenvalue weighted by Crippen LogP contribution is -2.58. The molecule has 0 bridgehead atoms. The molecule has 0 spiro atoms. The molecule has 10 atom stereocenters. The van der Waals surface area contributed by atoms with Gasteiger partial charge in [-0.15, -0.1) is 0 Å². The van der Waals surface area contributed by atoms with Gasteiger partial charge in [0.1, 0.15) is 61.0 Å². The Labute approximate surface area is 203 Å². The van der Waals surface area contributed by atoms with Gasteiger partial charge >= 0.3 is 0 Å². The largest absolute Gasteiger partial charge is 0.394 e. The van der Waals surface area contributed by atoms with Crippen molar-refractivity contribution < 1.29 is 50.3 Å². The van der Waals surface area contributed by atoms with Crippen molar-refractivity contribution in [2.24, 2.45) is 0 Å². The zero-order valence-corrected chi connectivity index (χ0v) is 19.4. The Morgan fingerprint density at radius 3 is 1.66 bits per heavy atom. The third-order valence-corrected chi connectivity index (χ3v) is 6.17. The van der Waals surface area contributed by atoms with E-state index in [-0.39, 0.29) is 5.92 Å². The molecule has 35 heavy (non-hydrogen) atoms. The van der Waals surface area contributed by atoms with Crippen LogP contribution in [-0.2, 0) is 9.47 Å². The summed E-state index contributed by atoms with van der Waals surface area (Å²) in [5.74, 6) is 11.3. The zero-order valence-electron chi connectivity index (χ0n) is 19.4. The topological polar surface area (TPSA) is 180 Å². The van der Waals surface area contributed by atoms with Crippen molar-refractivity contribution in [1.29, 1.82) is 0 Å². The molecule has 3 rings (SSSR count). The number of hydrogen-bond acceptors (Lipinski definition) is 10. The minimum atomic E-state index is -1.51. The van der Waals surface area contributed by atoms with Crippen LogP contribution in [0.2, 0.25) is 0 Å². The van der Waals surface area contributed by atoms with E-state index in [0.717, 1.165) is 5.56 Å². The molecule has 2 heterocycles. The van der Waals surface area contributed by atoms with Crippen molar-refractivity contribution in [1.82, 2.24) is 0 Å². The third-order valence-electron chi connectivity index (χ3n) is 6.17. The highest BCUT2D eigenvalue weighted by molar-refractivity contribution is 5.49. The van der Waals surface area contributed by atoms with E-state index in [1.165, 1.54) is 0 Å². The number of ether oxygens (including phenoxy) is 2. The van der Waals surface area contributed by atoms with Crippen LogP contribution in [0.1, 0.15) is 36.5 Å². The molecule has 1 aromatic carbocycles. The second kappa shape index (κ2) is 11.8. The molecule has 10 nitrogen and oxygen atoms in total. The predicted molar refractivity (Wildman–Crippen MR) is 122 cm³/mol. The Morgan fingerprint density at radius 2 is 1.20 bits per heavy atom. The summed E-state index contributed by atoms with van der Waals surface area (Å²) in [4.78, 5) is 0. The van der Waals surface area contributed by atoms with Gasteiger partial charge < -0.3 is 50.3 Å². The van der Waals surface area contributed by atoms with Gasteiger partial charge in [-0.2, -0.15) is 0 Å². The van der Waals surface area contributed by atoms with Gasteiger partial charge in [-0.1, -0.05) is 37.5 Å². The van der Waals surface area contributed by atoms with Gasteiger partial charge in [-0.25, -0.2) is 0 Å². The van der Waals surface area contributed by atoms with Crippen LogP contribution in [-0.4, -0.2) is 115 Å². The van der Waals surface area contributed by atoms with Crippen LogP contribution >= 0.6 is 0 Å². The van der Waals surface area contributed by atoms with Crippen LogP contribution in [0.15, 0.2) is 18.2 Å². The van der Waals surface area contributed by atoms with E-state index in [1.807, 2.05) is 13.8 Å². The molecule has 0 aromatic heterocycles. The summed E-state index contributed by atoms with van der Waals surface area (Å²) in [5.41, 5.74) is 2.02. The van der Waals surface area contributed by atoms with Crippen LogP contribution in [0.4, 0.5) is 0 Å². The molecule has 8 N–H and O–H groups in total. The van der Waals surface area contributed by atoms with E-state index in [4.69, 9.17) is 9.47 Å². The van der Waals surface area contributed by atoms with Crippen molar-refractivity contribution in [2.45, 2.75) is 80.8 Å². The summed E-state index contributed by atoms with van der Waals surface area (Å²) in [6.07, 6.45) is -13.1. The molecular weight excluding hydrogens is 460 g/mol. The maximum Gasteiger partial charge on any atom is 0.147 e. The molecule has 0 amide bonds. The van der Waals surface area contributed by atoms with Crippen LogP contribution < -0.4 is 0 Å². The first-order valence-corrected chi connectivity index (χ1v) is 11.4. The van der Waals surface area contributed by atoms with E-state index in [0.29, 0.717) is 11.1 Å². The lowest BCUT2D eigenvalue weighted by molar-refractivity contribution is -0.214. The van der Waals surface area contributed by atoms with Gasteiger partial charge in [0, 0.05) is 11.1 Å². The lowest BCUT2D eigenvalue weighted by atomic mass is 9.93. The van der Waals surface area contributed by atoms with Crippen LogP contribution in [0.25, 0.3) is 0 Å². The van der Waals surface area contributed by atoms with Crippen LogP contribution in [0, 0.1) is 23.7 Å². The summed E-state index contributed by atoms with van der Waals surface area (Å²) in [7, 11) is 0. The fourth-order valence-corrected chi connectivity index (χ4v) is 3.98. The third kappa shape index (κ3) is 6.02. The smallest absolute Gasteiger partial charge is 0.147 e. The maximum absolute atomic E-state index is 10.2. The fraction of sp³-hybridized carbons (Fsp3) is 0.600. The van der Waals surface area contributed by atoms with Gasteiger partial charge in [0.2, 0.25) is 0 Å². The van der Waals surface area contributed by atoms with Gasteiger partial charge in [0.05, 0.1) is 13.2 Å². The molecule has 2 aliphatic heterocycles. The predicted octanol–water partition coefficient (Wildman–Crippen LogP) is -2.80. The van der Waals surface area contributed by atoms with E-state index >= 15 is 0 Å². The standard InChI is InChI=1S/C25H32O10/c1-12(2)15-9-13(4-7-16-20(28)24(32)22(30)18(10-26)34-16)3-5-14(15)6-8-17-21(29)25(33)23(31)19(11-27)35-17/h3,5,9,12,16-33H,10-11H2,1-2H3/t16-,17-,18-,19-,20-,21-,22-,23-,24-,25?/m1/s1. The van der Waals surface area contributed by atoms with Gasteiger partial charge in [-0.3, -0.25) is 0 Å². The summed E-state index contributed by atoms with van der Waals surface area (Å²) in [6.45, 7) is 2.82. The Kier molecular flexibility index (Phi) is 9.27. The highest BCUT2D eigenvalue weighted by atomic mass is 16.5. The summed E-state index contributed by atoms with van der Waals surface area (Å²) >= 11 is 0. The van der Waals surface area contributed by atoms with Crippen molar-refractivity contribution in [3.63, 3.8) is 0 Å². The first-order valence-electron chi connectivity index (χ1n) is 11.4. The Bertz CT molecular complexity index is 985. The molecule has 2 saturated heterocycles. The van der Waals surface area contributed by atoms with E-state index in [2.05, 4.69) is 23.7 Å². The Morgan fingerprint density at radius 1 is 0.714 bits per heavy atom. The van der Waals surface area contributed by atoms with Gasteiger partial charge in [0.15, 0.2) is 0 Å². The Hall–Kier alpha value is -2.06. The number of hydrogen-bond donors (Lipinski definition) is 8. The van der Waals surface area contributed by atoms with E-state index in [9.17, 15) is 40.9 Å². The monoisotopic (exact) mass is 492 g/mol. The van der Waals surface area contributed by atoms with Crippen molar-refractivity contribution in [3.8, 4) is 23.7 Å². The molecule has 0 radical (unpaired) electrons. The number of rotatable bonds is 3. The SMILES string of the molecule is CC(C)c1cc(C#C[C@H]2O[C@H](CO)[C@@H](O)[C@H](O)[C@@H]2O)ccc1C#C[C@H]1O[C@H](CO)[C@@H](O)C(O)[C@@H]1O.